The van der Waals surface area contributed by atoms with Crippen molar-refractivity contribution in [1.82, 2.24) is 9.80 Å². The molecule has 2 aliphatic rings. The van der Waals surface area contributed by atoms with Crippen molar-refractivity contribution in [2.45, 2.75) is 31.5 Å². The van der Waals surface area contributed by atoms with E-state index in [-0.39, 0.29) is 29.7 Å². The van der Waals surface area contributed by atoms with E-state index >= 15 is 0 Å². The number of rotatable bonds is 2. The first-order valence-corrected chi connectivity index (χ1v) is 7.53. The van der Waals surface area contributed by atoms with Crippen LogP contribution in [0.1, 0.15) is 23.7 Å². The highest BCUT2D eigenvalue weighted by Gasteiger charge is 2.46. The van der Waals surface area contributed by atoms with Crippen molar-refractivity contribution < 1.29 is 18.7 Å². The second-order valence-electron chi connectivity index (χ2n) is 6.42. The molecule has 2 saturated heterocycles. The summed E-state index contributed by atoms with van der Waals surface area (Å²) in [5, 5.41) is 9.78. The Morgan fingerprint density at radius 3 is 2.64 bits per heavy atom. The zero-order valence-electron chi connectivity index (χ0n) is 12.7. The number of halogens is 2. The molecule has 0 aromatic heterocycles. The molecule has 22 heavy (non-hydrogen) atoms. The third-order valence-corrected chi connectivity index (χ3v) is 4.94. The lowest BCUT2D eigenvalue weighted by atomic mass is 9.79. The Morgan fingerprint density at radius 1 is 1.32 bits per heavy atom. The van der Waals surface area contributed by atoms with Crippen molar-refractivity contribution in [3.8, 4) is 0 Å². The van der Waals surface area contributed by atoms with Gasteiger partial charge in [-0.25, -0.2) is 8.78 Å². The number of hydrogen-bond donors (Lipinski definition) is 1. The predicted molar refractivity (Wildman–Crippen MR) is 77.4 cm³/mol. The van der Waals surface area contributed by atoms with Crippen molar-refractivity contribution in [3.63, 3.8) is 0 Å². The van der Waals surface area contributed by atoms with E-state index < -0.39 is 11.6 Å². The number of fused-ring (bicyclic) bond motifs is 1. The van der Waals surface area contributed by atoms with Crippen molar-refractivity contribution >= 4 is 5.91 Å². The van der Waals surface area contributed by atoms with Gasteiger partial charge in [-0.2, -0.15) is 0 Å². The van der Waals surface area contributed by atoms with Crippen LogP contribution in [-0.4, -0.2) is 59.1 Å². The number of benzene rings is 1. The summed E-state index contributed by atoms with van der Waals surface area (Å²) < 4.78 is 26.3. The van der Waals surface area contributed by atoms with Gasteiger partial charge in [0.1, 0.15) is 0 Å². The maximum atomic E-state index is 13.3. The minimum absolute atomic E-state index is 0.0133. The van der Waals surface area contributed by atoms with Gasteiger partial charge >= 0.3 is 0 Å². The number of hydrogen-bond acceptors (Lipinski definition) is 3. The fraction of sp³-hybridized carbons (Fsp3) is 0.562. The fourth-order valence-electron chi connectivity index (χ4n) is 3.70. The maximum Gasteiger partial charge on any atom is 0.253 e. The highest BCUT2D eigenvalue weighted by Crippen LogP contribution is 2.34. The molecule has 4 atom stereocenters. The van der Waals surface area contributed by atoms with Crippen LogP contribution in [-0.2, 0) is 0 Å². The molecule has 1 amide bonds. The highest BCUT2D eigenvalue weighted by molar-refractivity contribution is 5.94. The van der Waals surface area contributed by atoms with E-state index in [1.54, 1.807) is 11.9 Å². The van der Waals surface area contributed by atoms with E-state index in [1.165, 1.54) is 6.07 Å². The van der Waals surface area contributed by atoms with Crippen LogP contribution in [0.2, 0.25) is 0 Å². The Balaban J connectivity index is 1.72. The lowest BCUT2D eigenvalue weighted by Gasteiger charge is -2.55. The summed E-state index contributed by atoms with van der Waals surface area (Å²) in [6.45, 7) is 3.42. The van der Waals surface area contributed by atoms with Gasteiger partial charge in [0.05, 0.1) is 6.10 Å². The minimum atomic E-state index is -1.01. The summed E-state index contributed by atoms with van der Waals surface area (Å²) in [6.07, 6.45) is 0.521. The average Bonchev–Trinajstić information content (AvgIpc) is 2.46. The first-order valence-electron chi connectivity index (χ1n) is 7.53. The summed E-state index contributed by atoms with van der Waals surface area (Å²) in [4.78, 5) is 16.2. The molecule has 2 heterocycles. The Morgan fingerprint density at radius 2 is 2.05 bits per heavy atom. The van der Waals surface area contributed by atoms with Gasteiger partial charge in [-0.1, -0.05) is 6.92 Å². The average molecular weight is 310 g/mol. The van der Waals surface area contributed by atoms with Gasteiger partial charge in [0.25, 0.3) is 5.91 Å². The largest absolute Gasteiger partial charge is 0.390 e. The Bertz CT molecular complexity index is 588. The highest BCUT2D eigenvalue weighted by atomic mass is 19.2. The van der Waals surface area contributed by atoms with Crippen LogP contribution in [0.15, 0.2) is 18.2 Å². The number of aliphatic hydroxyl groups excluding tert-OH is 1. The number of amides is 1. The van der Waals surface area contributed by atoms with Gasteiger partial charge in [0, 0.05) is 37.8 Å². The van der Waals surface area contributed by atoms with Crippen LogP contribution in [0.3, 0.4) is 0 Å². The third-order valence-electron chi connectivity index (χ3n) is 4.94. The number of likely N-dealkylation sites (N-methyl/N-ethyl adjacent to an activating group) is 1. The molecular weight excluding hydrogens is 290 g/mol. The second-order valence-corrected chi connectivity index (χ2v) is 6.42. The molecule has 4 nitrogen and oxygen atoms in total. The minimum Gasteiger partial charge on any atom is -0.390 e. The molecule has 3 rings (SSSR count). The van der Waals surface area contributed by atoms with Gasteiger partial charge in [0.2, 0.25) is 0 Å². The number of carbonyl (C=O) groups excluding carboxylic acids is 1. The van der Waals surface area contributed by atoms with Crippen molar-refractivity contribution in [2.24, 2.45) is 5.92 Å². The summed E-state index contributed by atoms with van der Waals surface area (Å²) in [5.41, 5.74) is 0.153. The van der Waals surface area contributed by atoms with Crippen molar-refractivity contribution in [2.75, 3.05) is 20.1 Å². The fourth-order valence-corrected chi connectivity index (χ4v) is 3.70. The van der Waals surface area contributed by atoms with Gasteiger partial charge in [0.15, 0.2) is 11.6 Å². The zero-order chi connectivity index (χ0) is 16.0. The van der Waals surface area contributed by atoms with Crippen LogP contribution in [0, 0.1) is 17.6 Å². The first-order chi connectivity index (χ1) is 10.4. The smallest absolute Gasteiger partial charge is 0.253 e. The van der Waals surface area contributed by atoms with Crippen LogP contribution < -0.4 is 0 Å². The molecular formula is C16H20F2N2O2. The quantitative estimate of drug-likeness (QED) is 0.900. The molecule has 1 aromatic carbocycles. The van der Waals surface area contributed by atoms with Crippen molar-refractivity contribution in [3.05, 3.63) is 35.4 Å². The number of piperidine rings is 1. The molecule has 2 fully saturated rings. The topological polar surface area (TPSA) is 43.8 Å². The number of carbonyl (C=O) groups is 1. The Labute approximate surface area is 128 Å². The van der Waals surface area contributed by atoms with Gasteiger partial charge < -0.3 is 10.0 Å². The van der Waals surface area contributed by atoms with Gasteiger partial charge in [-0.05, 0) is 30.5 Å². The van der Waals surface area contributed by atoms with E-state index in [9.17, 15) is 18.7 Å². The predicted octanol–water partition coefficient (Wildman–Crippen LogP) is 1.49. The molecule has 0 saturated carbocycles. The van der Waals surface area contributed by atoms with E-state index in [0.717, 1.165) is 18.6 Å². The molecule has 2 aliphatic heterocycles. The summed E-state index contributed by atoms with van der Waals surface area (Å²) in [6, 6.07) is 3.42. The van der Waals surface area contributed by atoms with E-state index in [0.29, 0.717) is 19.0 Å². The molecule has 0 radical (unpaired) electrons. The van der Waals surface area contributed by atoms with E-state index in [1.807, 2.05) is 0 Å². The molecule has 0 spiro atoms. The van der Waals surface area contributed by atoms with E-state index in [4.69, 9.17) is 0 Å². The molecule has 120 valence electrons. The molecule has 0 bridgehead atoms. The van der Waals surface area contributed by atoms with Gasteiger partial charge in [-0.3, -0.25) is 9.69 Å². The van der Waals surface area contributed by atoms with Crippen LogP contribution >= 0.6 is 0 Å². The monoisotopic (exact) mass is 310 g/mol. The molecule has 1 N–H and O–H groups in total. The third kappa shape index (κ3) is 2.50. The van der Waals surface area contributed by atoms with Crippen molar-refractivity contribution in [1.29, 1.82) is 0 Å². The first kappa shape index (κ1) is 15.4. The molecule has 1 aromatic rings. The van der Waals surface area contributed by atoms with E-state index in [2.05, 4.69) is 11.8 Å². The summed E-state index contributed by atoms with van der Waals surface area (Å²) >= 11 is 0. The zero-order valence-corrected chi connectivity index (χ0v) is 12.7. The molecule has 0 aliphatic carbocycles. The Kier molecular flexibility index (Phi) is 3.91. The number of nitrogens with zero attached hydrogens (tertiary/aromatic N) is 2. The second kappa shape index (κ2) is 5.59. The molecule has 4 unspecified atom stereocenters. The normalized spacial score (nSPS) is 31.3. The van der Waals surface area contributed by atoms with Crippen LogP contribution in [0.4, 0.5) is 8.78 Å². The van der Waals surface area contributed by atoms with Gasteiger partial charge in [-0.15, -0.1) is 0 Å². The lowest BCUT2D eigenvalue weighted by molar-refractivity contribution is -0.117. The molecule has 6 heteroatoms. The van der Waals surface area contributed by atoms with Crippen LogP contribution in [0.5, 0.6) is 0 Å². The SMILES string of the molecule is CC1CC(N(C)C(=O)c2ccc(F)c(F)c2)CN2CC(O)C12. The lowest BCUT2D eigenvalue weighted by Crippen LogP contribution is -2.69. The number of aliphatic hydroxyl groups is 1. The van der Waals surface area contributed by atoms with Crippen LogP contribution in [0.25, 0.3) is 0 Å². The maximum absolute atomic E-state index is 13.3. The summed E-state index contributed by atoms with van der Waals surface area (Å²) in [5.74, 6) is -1.98. The Hall–Kier alpha value is -1.53. The standard InChI is InChI=1S/C16H20F2N2O2/c1-9-5-11(7-20-8-14(21)15(9)20)19(2)16(22)10-3-4-12(17)13(18)6-10/h3-4,6,9,11,14-15,21H,5,7-8H2,1-2H3. The summed E-state index contributed by atoms with van der Waals surface area (Å²) in [7, 11) is 1.69.